The fourth-order valence-corrected chi connectivity index (χ4v) is 2.98. The Balaban J connectivity index is 0.00000128. The summed E-state index contributed by atoms with van der Waals surface area (Å²) >= 11 is 0. The second-order valence-corrected chi connectivity index (χ2v) is 5.19. The molecule has 0 aromatic heterocycles. The van der Waals surface area contributed by atoms with E-state index in [4.69, 9.17) is 0 Å². The van der Waals surface area contributed by atoms with E-state index in [-0.39, 0.29) is 12.4 Å². The molecule has 1 atom stereocenters. The van der Waals surface area contributed by atoms with Crippen molar-refractivity contribution in [3.8, 4) is 0 Å². The van der Waals surface area contributed by atoms with Crippen LogP contribution in [-0.4, -0.2) is 38.0 Å². The van der Waals surface area contributed by atoms with E-state index in [9.17, 15) is 4.79 Å². The second kappa shape index (κ2) is 5.37. The third kappa shape index (κ3) is 2.51. The second-order valence-electron chi connectivity index (χ2n) is 5.19. The van der Waals surface area contributed by atoms with Crippen molar-refractivity contribution in [3.63, 3.8) is 0 Å². The van der Waals surface area contributed by atoms with E-state index in [0.29, 0.717) is 17.2 Å². The normalized spacial score (nSPS) is 25.2. The quantitative estimate of drug-likeness (QED) is 0.819. The number of rotatable bonds is 4. The number of amides is 1. The third-order valence-electron chi connectivity index (χ3n) is 4.16. The Morgan fingerprint density at radius 2 is 2.06 bits per heavy atom. The van der Waals surface area contributed by atoms with E-state index in [1.54, 1.807) is 0 Å². The Morgan fingerprint density at radius 3 is 2.62 bits per heavy atom. The summed E-state index contributed by atoms with van der Waals surface area (Å²) in [4.78, 5) is 14.0. The summed E-state index contributed by atoms with van der Waals surface area (Å²) in [6.07, 6.45) is 6.43. The van der Waals surface area contributed by atoms with Gasteiger partial charge in [0.05, 0.1) is 0 Å². The van der Waals surface area contributed by atoms with Gasteiger partial charge in [0.2, 0.25) is 5.91 Å². The molecule has 16 heavy (non-hydrogen) atoms. The number of hydrogen-bond donors (Lipinski definition) is 1. The van der Waals surface area contributed by atoms with Crippen LogP contribution in [0.4, 0.5) is 0 Å². The van der Waals surface area contributed by atoms with E-state index in [1.165, 1.54) is 25.7 Å². The van der Waals surface area contributed by atoms with Crippen molar-refractivity contribution >= 4 is 18.3 Å². The van der Waals surface area contributed by atoms with Crippen LogP contribution in [0.3, 0.4) is 0 Å². The van der Waals surface area contributed by atoms with E-state index < -0.39 is 0 Å². The van der Waals surface area contributed by atoms with Gasteiger partial charge < -0.3 is 10.2 Å². The number of carbonyl (C=O) groups is 1. The molecule has 0 aromatic rings. The lowest BCUT2D eigenvalue weighted by Crippen LogP contribution is -2.34. The molecule has 1 spiro atoms. The Hall–Kier alpha value is -0.280. The van der Waals surface area contributed by atoms with Gasteiger partial charge in [0.1, 0.15) is 0 Å². The predicted octanol–water partition coefficient (Wildman–Crippen LogP) is 1.67. The lowest BCUT2D eigenvalue weighted by atomic mass is 10.0. The zero-order valence-electron chi connectivity index (χ0n) is 10.3. The van der Waals surface area contributed by atoms with Crippen LogP contribution >= 0.6 is 12.4 Å². The van der Waals surface area contributed by atoms with E-state index in [0.717, 1.165) is 19.5 Å². The van der Waals surface area contributed by atoms with Crippen LogP contribution in [0.25, 0.3) is 0 Å². The molecule has 2 rings (SSSR count). The first-order chi connectivity index (χ1) is 7.19. The van der Waals surface area contributed by atoms with Crippen molar-refractivity contribution in [3.05, 3.63) is 0 Å². The SMILES string of the molecule is CNCCN(C)C(=O)C1CC12CCCC2.Cl. The minimum Gasteiger partial charge on any atom is -0.344 e. The Morgan fingerprint density at radius 1 is 1.44 bits per heavy atom. The van der Waals surface area contributed by atoms with Crippen molar-refractivity contribution in [2.75, 3.05) is 27.2 Å². The number of nitrogens with one attached hydrogen (secondary N) is 1. The topological polar surface area (TPSA) is 32.3 Å². The highest BCUT2D eigenvalue weighted by molar-refractivity contribution is 5.85. The molecule has 1 N–H and O–H groups in total. The van der Waals surface area contributed by atoms with Crippen LogP contribution in [0, 0.1) is 11.3 Å². The highest BCUT2D eigenvalue weighted by Gasteiger charge is 2.59. The van der Waals surface area contributed by atoms with Gasteiger partial charge in [-0.3, -0.25) is 4.79 Å². The van der Waals surface area contributed by atoms with Gasteiger partial charge in [0, 0.05) is 26.1 Å². The summed E-state index contributed by atoms with van der Waals surface area (Å²) in [6.45, 7) is 1.73. The first-order valence-corrected chi connectivity index (χ1v) is 6.09. The average molecular weight is 247 g/mol. The van der Waals surface area contributed by atoms with Crippen LogP contribution in [0.2, 0.25) is 0 Å². The minimum atomic E-state index is 0. The van der Waals surface area contributed by atoms with Crippen LogP contribution in [-0.2, 0) is 4.79 Å². The van der Waals surface area contributed by atoms with E-state index in [1.807, 2.05) is 19.0 Å². The zero-order valence-corrected chi connectivity index (χ0v) is 11.1. The molecule has 1 unspecified atom stereocenters. The summed E-state index contributed by atoms with van der Waals surface area (Å²) in [7, 11) is 3.86. The molecular formula is C12H23ClN2O. The highest BCUT2D eigenvalue weighted by atomic mass is 35.5. The van der Waals surface area contributed by atoms with Crippen molar-refractivity contribution in [1.29, 1.82) is 0 Å². The number of carbonyl (C=O) groups excluding carboxylic acids is 1. The van der Waals surface area contributed by atoms with Crippen LogP contribution in [0.1, 0.15) is 32.1 Å². The molecule has 0 bridgehead atoms. The molecule has 0 radical (unpaired) electrons. The first-order valence-electron chi connectivity index (χ1n) is 6.09. The number of nitrogens with zero attached hydrogens (tertiary/aromatic N) is 1. The van der Waals surface area contributed by atoms with Crippen LogP contribution < -0.4 is 5.32 Å². The summed E-state index contributed by atoms with van der Waals surface area (Å²) in [5.74, 6) is 0.744. The van der Waals surface area contributed by atoms with Gasteiger partial charge >= 0.3 is 0 Å². The molecule has 2 saturated carbocycles. The monoisotopic (exact) mass is 246 g/mol. The van der Waals surface area contributed by atoms with E-state index >= 15 is 0 Å². The van der Waals surface area contributed by atoms with Crippen molar-refractivity contribution in [2.45, 2.75) is 32.1 Å². The summed E-state index contributed by atoms with van der Waals surface area (Å²) in [5, 5.41) is 3.08. The maximum Gasteiger partial charge on any atom is 0.226 e. The van der Waals surface area contributed by atoms with Gasteiger partial charge in [-0.1, -0.05) is 12.8 Å². The molecule has 0 heterocycles. The van der Waals surface area contributed by atoms with Crippen LogP contribution in [0.15, 0.2) is 0 Å². The molecule has 0 saturated heterocycles. The molecule has 0 aromatic carbocycles. The standard InChI is InChI=1S/C12H22N2O.ClH/c1-13-7-8-14(2)11(15)10-9-12(10)5-3-4-6-12;/h10,13H,3-9H2,1-2H3;1H. The first kappa shape index (κ1) is 13.8. The summed E-state index contributed by atoms with van der Waals surface area (Å²) in [5.41, 5.74) is 0.449. The lowest BCUT2D eigenvalue weighted by Gasteiger charge is -2.18. The van der Waals surface area contributed by atoms with Gasteiger partial charge in [-0.25, -0.2) is 0 Å². The number of halogens is 1. The summed E-state index contributed by atoms with van der Waals surface area (Å²) < 4.78 is 0. The molecule has 94 valence electrons. The smallest absolute Gasteiger partial charge is 0.226 e. The van der Waals surface area contributed by atoms with E-state index in [2.05, 4.69) is 5.32 Å². The molecule has 2 aliphatic carbocycles. The maximum absolute atomic E-state index is 12.1. The molecule has 0 aliphatic heterocycles. The zero-order chi connectivity index (χ0) is 10.9. The average Bonchev–Trinajstić information content (AvgIpc) is 2.72. The van der Waals surface area contributed by atoms with Gasteiger partial charge in [0.15, 0.2) is 0 Å². The van der Waals surface area contributed by atoms with Gasteiger partial charge in [-0.15, -0.1) is 12.4 Å². The summed E-state index contributed by atoms with van der Waals surface area (Å²) in [6, 6.07) is 0. The molecular weight excluding hydrogens is 224 g/mol. The van der Waals surface area contributed by atoms with Crippen molar-refractivity contribution < 1.29 is 4.79 Å². The number of likely N-dealkylation sites (N-methyl/N-ethyl adjacent to an activating group) is 2. The van der Waals surface area contributed by atoms with Gasteiger partial charge in [-0.05, 0) is 31.7 Å². The molecule has 2 aliphatic rings. The predicted molar refractivity (Wildman–Crippen MR) is 67.8 cm³/mol. The molecule has 3 nitrogen and oxygen atoms in total. The lowest BCUT2D eigenvalue weighted by molar-refractivity contribution is -0.132. The van der Waals surface area contributed by atoms with Crippen LogP contribution in [0.5, 0.6) is 0 Å². The fourth-order valence-electron chi connectivity index (χ4n) is 2.98. The highest BCUT2D eigenvalue weighted by Crippen LogP contribution is 2.63. The molecule has 2 fully saturated rings. The molecule has 4 heteroatoms. The maximum atomic E-state index is 12.1. The largest absolute Gasteiger partial charge is 0.344 e. The Labute approximate surface area is 104 Å². The van der Waals surface area contributed by atoms with Crippen molar-refractivity contribution in [2.24, 2.45) is 11.3 Å². The van der Waals surface area contributed by atoms with Crippen molar-refractivity contribution in [1.82, 2.24) is 10.2 Å². The third-order valence-corrected chi connectivity index (χ3v) is 4.16. The Bertz CT molecular complexity index is 251. The number of hydrogen-bond acceptors (Lipinski definition) is 2. The molecule has 1 amide bonds. The Kier molecular flexibility index (Phi) is 4.62. The fraction of sp³-hybridized carbons (Fsp3) is 0.917. The van der Waals surface area contributed by atoms with Gasteiger partial charge in [0.25, 0.3) is 0 Å². The van der Waals surface area contributed by atoms with Gasteiger partial charge in [-0.2, -0.15) is 0 Å². The minimum absolute atomic E-state index is 0.